The van der Waals surface area contributed by atoms with Crippen LogP contribution >= 0.6 is 0 Å². The molecule has 2 aliphatic rings. The number of hydrogen-bond donors (Lipinski definition) is 3. The van der Waals surface area contributed by atoms with Crippen LogP contribution < -0.4 is 16.4 Å². The van der Waals surface area contributed by atoms with Gasteiger partial charge in [0.2, 0.25) is 11.9 Å². The highest BCUT2D eigenvalue weighted by atomic mass is 32.2. The maximum Gasteiger partial charge on any atom is 0.220 e. The monoisotopic (exact) mass is 321 g/mol. The molecule has 1 aliphatic carbocycles. The fraction of sp³-hybridized carbons (Fsp3) is 0.429. The maximum absolute atomic E-state index is 11.1. The fourth-order valence-electron chi connectivity index (χ4n) is 3.21. The summed E-state index contributed by atoms with van der Waals surface area (Å²) in [6.07, 6.45) is 5.00. The molecule has 0 bridgehead atoms. The van der Waals surface area contributed by atoms with Crippen molar-refractivity contribution in [2.24, 2.45) is 21.5 Å². The standard InChI is InChI=1S/C14H19N5O2S/c15-12-17-13(16)19(14(18-12)8-2-1-3-9-14)10-4-6-11(7-5-10)22(20)21/h4-7H,1-3,8-9H2,(H,20,21)(H4,15,16,17,18). The third-order valence-corrected chi connectivity index (χ3v) is 4.82. The van der Waals surface area contributed by atoms with Crippen LogP contribution in [-0.2, 0) is 11.1 Å². The molecule has 1 fully saturated rings. The van der Waals surface area contributed by atoms with E-state index in [1.807, 2.05) is 4.90 Å². The predicted molar refractivity (Wildman–Crippen MR) is 87.0 cm³/mol. The molecule has 3 rings (SSSR count). The number of benzene rings is 1. The second kappa shape index (κ2) is 5.69. The van der Waals surface area contributed by atoms with Gasteiger partial charge in [-0.1, -0.05) is 6.42 Å². The van der Waals surface area contributed by atoms with Crippen LogP contribution in [-0.4, -0.2) is 26.3 Å². The molecule has 0 amide bonds. The lowest BCUT2D eigenvalue weighted by atomic mass is 9.87. The van der Waals surface area contributed by atoms with E-state index in [9.17, 15) is 4.21 Å². The van der Waals surface area contributed by atoms with Crippen LogP contribution in [0.2, 0.25) is 0 Å². The van der Waals surface area contributed by atoms with Gasteiger partial charge >= 0.3 is 0 Å². The Hall–Kier alpha value is -1.93. The second-order valence-electron chi connectivity index (χ2n) is 5.56. The SMILES string of the molecule is NC1=NC2(CCCCC2)N(c2ccc(S(=O)O)cc2)C(N)=N1. The highest BCUT2D eigenvalue weighted by molar-refractivity contribution is 7.79. The zero-order valence-electron chi connectivity index (χ0n) is 12.1. The van der Waals surface area contributed by atoms with Gasteiger partial charge in [0, 0.05) is 5.69 Å². The molecule has 22 heavy (non-hydrogen) atoms. The van der Waals surface area contributed by atoms with Gasteiger partial charge in [-0.3, -0.25) is 4.90 Å². The summed E-state index contributed by atoms with van der Waals surface area (Å²) in [7, 11) is 0. The molecule has 1 aromatic rings. The minimum absolute atomic E-state index is 0.212. The first-order chi connectivity index (χ1) is 10.5. The van der Waals surface area contributed by atoms with Crippen molar-refractivity contribution in [3.05, 3.63) is 24.3 Å². The number of hydrogen-bond acceptors (Lipinski definition) is 6. The zero-order chi connectivity index (χ0) is 15.7. The Balaban J connectivity index is 2.02. The molecule has 1 aromatic carbocycles. The molecule has 1 aliphatic heterocycles. The summed E-state index contributed by atoms with van der Waals surface area (Å²) in [6.45, 7) is 0. The van der Waals surface area contributed by atoms with E-state index >= 15 is 0 Å². The predicted octanol–water partition coefficient (Wildman–Crippen LogP) is 1.38. The third-order valence-electron chi connectivity index (χ3n) is 4.15. The van der Waals surface area contributed by atoms with Crippen molar-refractivity contribution >= 4 is 28.7 Å². The van der Waals surface area contributed by atoms with Crippen molar-refractivity contribution in [1.82, 2.24) is 0 Å². The lowest BCUT2D eigenvalue weighted by Crippen LogP contribution is -2.58. The van der Waals surface area contributed by atoms with Crippen LogP contribution in [0.5, 0.6) is 0 Å². The van der Waals surface area contributed by atoms with E-state index in [-0.39, 0.29) is 5.96 Å². The van der Waals surface area contributed by atoms with Gasteiger partial charge in [-0.25, -0.2) is 9.20 Å². The second-order valence-corrected chi connectivity index (χ2v) is 6.53. The minimum atomic E-state index is -2.00. The molecule has 8 heteroatoms. The van der Waals surface area contributed by atoms with E-state index < -0.39 is 16.7 Å². The Morgan fingerprint density at radius 1 is 1.14 bits per heavy atom. The van der Waals surface area contributed by atoms with Gasteiger partial charge in [-0.15, -0.1) is 0 Å². The van der Waals surface area contributed by atoms with Crippen molar-refractivity contribution in [2.75, 3.05) is 4.90 Å². The van der Waals surface area contributed by atoms with Crippen LogP contribution in [0.1, 0.15) is 32.1 Å². The lowest BCUT2D eigenvalue weighted by molar-refractivity contribution is 0.305. The van der Waals surface area contributed by atoms with Crippen molar-refractivity contribution in [3.63, 3.8) is 0 Å². The number of nitrogens with zero attached hydrogens (tertiary/aromatic N) is 3. The van der Waals surface area contributed by atoms with E-state index in [0.717, 1.165) is 31.4 Å². The summed E-state index contributed by atoms with van der Waals surface area (Å²) in [5, 5.41) is 0. The molecular formula is C14H19N5O2S. The normalized spacial score (nSPS) is 22.1. The van der Waals surface area contributed by atoms with Crippen molar-refractivity contribution in [2.45, 2.75) is 42.7 Å². The summed E-state index contributed by atoms with van der Waals surface area (Å²) >= 11 is -2.00. The van der Waals surface area contributed by atoms with E-state index in [1.165, 1.54) is 6.42 Å². The molecule has 1 heterocycles. The highest BCUT2D eigenvalue weighted by Gasteiger charge is 2.42. The first-order valence-corrected chi connectivity index (χ1v) is 8.33. The average molecular weight is 321 g/mol. The molecule has 1 saturated carbocycles. The molecule has 0 saturated heterocycles. The van der Waals surface area contributed by atoms with Crippen LogP contribution in [0.3, 0.4) is 0 Å². The van der Waals surface area contributed by atoms with Crippen LogP contribution in [0.25, 0.3) is 0 Å². The number of anilines is 1. The number of aliphatic imine (C=N–C) groups is 2. The fourth-order valence-corrected chi connectivity index (χ4v) is 3.58. The van der Waals surface area contributed by atoms with Crippen molar-refractivity contribution in [1.29, 1.82) is 0 Å². The molecule has 7 nitrogen and oxygen atoms in total. The lowest BCUT2D eigenvalue weighted by Gasteiger charge is -2.45. The average Bonchev–Trinajstić information content (AvgIpc) is 2.47. The van der Waals surface area contributed by atoms with Crippen LogP contribution in [0, 0.1) is 0 Å². The van der Waals surface area contributed by atoms with Gasteiger partial charge in [0.15, 0.2) is 11.1 Å². The smallest absolute Gasteiger partial charge is 0.220 e. The van der Waals surface area contributed by atoms with Gasteiger partial charge in [0.05, 0.1) is 4.90 Å². The molecule has 5 N–H and O–H groups in total. The van der Waals surface area contributed by atoms with Gasteiger partial charge in [-0.2, -0.15) is 4.99 Å². The molecule has 1 spiro atoms. The van der Waals surface area contributed by atoms with E-state index in [0.29, 0.717) is 10.9 Å². The Morgan fingerprint density at radius 2 is 1.77 bits per heavy atom. The van der Waals surface area contributed by atoms with Crippen LogP contribution in [0.15, 0.2) is 39.1 Å². The molecular weight excluding hydrogens is 302 g/mol. The summed E-state index contributed by atoms with van der Waals surface area (Å²) in [5.74, 6) is 0.524. The van der Waals surface area contributed by atoms with Gasteiger partial charge in [-0.05, 0) is 49.9 Å². The Morgan fingerprint density at radius 3 is 2.36 bits per heavy atom. The van der Waals surface area contributed by atoms with Crippen molar-refractivity contribution < 1.29 is 8.76 Å². The van der Waals surface area contributed by atoms with Gasteiger partial charge in [0.25, 0.3) is 0 Å². The first kappa shape index (κ1) is 15.0. The topological polar surface area (TPSA) is 117 Å². The minimum Gasteiger partial charge on any atom is -0.369 e. The molecule has 0 radical (unpaired) electrons. The highest BCUT2D eigenvalue weighted by Crippen LogP contribution is 2.39. The quantitative estimate of drug-likeness (QED) is 0.711. The maximum atomic E-state index is 11.1. The Kier molecular flexibility index (Phi) is 3.88. The number of guanidine groups is 2. The summed E-state index contributed by atoms with van der Waals surface area (Å²) < 4.78 is 20.2. The Labute approximate surface area is 131 Å². The van der Waals surface area contributed by atoms with Gasteiger partial charge < -0.3 is 16.0 Å². The number of nitrogens with two attached hydrogens (primary N) is 2. The Bertz CT molecular complexity index is 650. The molecule has 0 aromatic heterocycles. The summed E-state index contributed by atoms with van der Waals surface area (Å²) in [4.78, 5) is 10.9. The largest absolute Gasteiger partial charge is 0.369 e. The molecule has 1 atom stereocenters. The number of rotatable bonds is 2. The molecule has 1 unspecified atom stereocenters. The first-order valence-electron chi connectivity index (χ1n) is 7.22. The van der Waals surface area contributed by atoms with Crippen molar-refractivity contribution in [3.8, 4) is 0 Å². The molecule has 118 valence electrons. The van der Waals surface area contributed by atoms with E-state index in [4.69, 9.17) is 16.0 Å². The van der Waals surface area contributed by atoms with Gasteiger partial charge in [0.1, 0.15) is 5.66 Å². The van der Waals surface area contributed by atoms with E-state index in [2.05, 4.69) is 9.98 Å². The summed E-state index contributed by atoms with van der Waals surface area (Å²) in [6, 6.07) is 6.74. The van der Waals surface area contributed by atoms with E-state index in [1.54, 1.807) is 24.3 Å². The summed E-state index contributed by atoms with van der Waals surface area (Å²) in [5.41, 5.74) is 12.2. The third kappa shape index (κ3) is 2.59. The van der Waals surface area contributed by atoms with Crippen LogP contribution in [0.4, 0.5) is 5.69 Å². The zero-order valence-corrected chi connectivity index (χ0v) is 12.9.